The standard InChI is InChI=1S/C18H22N2O3/c1-12(2)16(21)11-18(22)20-14-4-5-17(13(3)10-14)23-15-6-8-19-9-7-15/h4-10,12,16,21H,11H2,1-3H3,(H,20,22)/t16-/m1/s1. The van der Waals surface area contributed by atoms with Crippen molar-refractivity contribution in [3.8, 4) is 11.5 Å². The number of pyridine rings is 1. The van der Waals surface area contributed by atoms with Crippen LogP contribution >= 0.6 is 0 Å². The summed E-state index contributed by atoms with van der Waals surface area (Å²) in [5.74, 6) is 1.28. The molecule has 1 amide bonds. The number of amides is 1. The summed E-state index contributed by atoms with van der Waals surface area (Å²) in [5, 5.41) is 12.5. The van der Waals surface area contributed by atoms with Gasteiger partial charge in [0.1, 0.15) is 11.5 Å². The first kappa shape index (κ1) is 17.0. The molecule has 122 valence electrons. The predicted octanol–water partition coefficient (Wildman–Crippen LogP) is 3.53. The molecule has 23 heavy (non-hydrogen) atoms. The molecule has 1 aromatic carbocycles. The normalized spacial score (nSPS) is 12.0. The molecule has 0 saturated heterocycles. The number of anilines is 1. The molecule has 1 aromatic heterocycles. The van der Waals surface area contributed by atoms with E-state index >= 15 is 0 Å². The van der Waals surface area contributed by atoms with Crippen molar-refractivity contribution in [2.45, 2.75) is 33.3 Å². The third-order valence-electron chi connectivity index (χ3n) is 3.50. The fraction of sp³-hybridized carbons (Fsp3) is 0.333. The number of nitrogens with one attached hydrogen (secondary N) is 1. The van der Waals surface area contributed by atoms with Crippen LogP contribution in [0.3, 0.4) is 0 Å². The fourth-order valence-corrected chi connectivity index (χ4v) is 2.01. The average molecular weight is 314 g/mol. The molecule has 0 aliphatic rings. The number of hydrogen-bond acceptors (Lipinski definition) is 4. The molecule has 0 fully saturated rings. The zero-order valence-electron chi connectivity index (χ0n) is 13.6. The first-order valence-corrected chi connectivity index (χ1v) is 7.62. The molecule has 1 heterocycles. The van der Waals surface area contributed by atoms with E-state index in [9.17, 15) is 9.90 Å². The number of aliphatic hydroxyl groups excluding tert-OH is 1. The van der Waals surface area contributed by atoms with E-state index in [-0.39, 0.29) is 18.2 Å². The van der Waals surface area contributed by atoms with Crippen molar-refractivity contribution in [1.29, 1.82) is 0 Å². The number of aromatic nitrogens is 1. The van der Waals surface area contributed by atoms with Gasteiger partial charge in [-0.25, -0.2) is 0 Å². The number of nitrogens with zero attached hydrogens (tertiary/aromatic N) is 1. The second-order valence-electron chi connectivity index (χ2n) is 5.83. The Morgan fingerprint density at radius 1 is 1.26 bits per heavy atom. The number of ether oxygens (including phenoxy) is 1. The Morgan fingerprint density at radius 3 is 2.57 bits per heavy atom. The van der Waals surface area contributed by atoms with Gasteiger partial charge in [-0.15, -0.1) is 0 Å². The summed E-state index contributed by atoms with van der Waals surface area (Å²) < 4.78 is 5.77. The van der Waals surface area contributed by atoms with Crippen molar-refractivity contribution in [2.75, 3.05) is 5.32 Å². The van der Waals surface area contributed by atoms with Crippen LogP contribution in [0.2, 0.25) is 0 Å². The summed E-state index contributed by atoms with van der Waals surface area (Å²) in [7, 11) is 0. The highest BCUT2D eigenvalue weighted by Crippen LogP contribution is 2.27. The van der Waals surface area contributed by atoms with Crippen LogP contribution in [-0.2, 0) is 4.79 Å². The van der Waals surface area contributed by atoms with E-state index in [1.807, 2.05) is 32.9 Å². The number of aryl methyl sites for hydroxylation is 1. The highest BCUT2D eigenvalue weighted by atomic mass is 16.5. The smallest absolute Gasteiger partial charge is 0.226 e. The molecule has 0 unspecified atom stereocenters. The molecule has 2 rings (SSSR count). The number of rotatable bonds is 6. The van der Waals surface area contributed by atoms with Gasteiger partial charge in [0, 0.05) is 18.1 Å². The molecule has 5 nitrogen and oxygen atoms in total. The molecule has 0 spiro atoms. The molecule has 1 atom stereocenters. The summed E-state index contributed by atoms with van der Waals surface area (Å²) in [4.78, 5) is 15.8. The molecule has 0 radical (unpaired) electrons. The highest BCUT2D eigenvalue weighted by molar-refractivity contribution is 5.91. The highest BCUT2D eigenvalue weighted by Gasteiger charge is 2.14. The van der Waals surface area contributed by atoms with E-state index in [4.69, 9.17) is 4.74 Å². The van der Waals surface area contributed by atoms with Crippen LogP contribution in [0.4, 0.5) is 5.69 Å². The van der Waals surface area contributed by atoms with Gasteiger partial charge in [0.25, 0.3) is 0 Å². The van der Waals surface area contributed by atoms with Crippen molar-refractivity contribution in [2.24, 2.45) is 5.92 Å². The minimum absolute atomic E-state index is 0.0543. The molecule has 0 aliphatic heterocycles. The average Bonchev–Trinajstić information content (AvgIpc) is 2.51. The van der Waals surface area contributed by atoms with Crippen molar-refractivity contribution < 1.29 is 14.6 Å². The molecular weight excluding hydrogens is 292 g/mol. The lowest BCUT2D eigenvalue weighted by atomic mass is 10.0. The predicted molar refractivity (Wildman–Crippen MR) is 89.6 cm³/mol. The van der Waals surface area contributed by atoms with E-state index in [0.717, 1.165) is 11.3 Å². The van der Waals surface area contributed by atoms with Crippen molar-refractivity contribution >= 4 is 11.6 Å². The minimum atomic E-state index is -0.634. The Labute approximate surface area is 136 Å². The van der Waals surface area contributed by atoms with Crippen LogP contribution in [-0.4, -0.2) is 22.1 Å². The van der Waals surface area contributed by atoms with Gasteiger partial charge in [-0.05, 0) is 48.7 Å². The monoisotopic (exact) mass is 314 g/mol. The van der Waals surface area contributed by atoms with Crippen molar-refractivity contribution in [1.82, 2.24) is 4.98 Å². The quantitative estimate of drug-likeness (QED) is 0.855. The first-order chi connectivity index (χ1) is 11.0. The molecule has 0 bridgehead atoms. The van der Waals surface area contributed by atoms with E-state index in [0.29, 0.717) is 11.4 Å². The van der Waals surface area contributed by atoms with Crippen LogP contribution in [0.1, 0.15) is 25.8 Å². The molecule has 0 aliphatic carbocycles. The topological polar surface area (TPSA) is 71.5 Å². The van der Waals surface area contributed by atoms with Crippen molar-refractivity contribution in [3.63, 3.8) is 0 Å². The third kappa shape index (κ3) is 5.07. The van der Waals surface area contributed by atoms with Crippen LogP contribution in [0.15, 0.2) is 42.7 Å². The Kier molecular flexibility index (Phi) is 5.71. The lowest BCUT2D eigenvalue weighted by Crippen LogP contribution is -2.23. The van der Waals surface area contributed by atoms with Crippen LogP contribution in [0.5, 0.6) is 11.5 Å². The Bertz CT molecular complexity index is 657. The molecule has 2 aromatic rings. The van der Waals surface area contributed by atoms with Crippen LogP contribution in [0, 0.1) is 12.8 Å². The van der Waals surface area contributed by atoms with E-state index in [2.05, 4.69) is 10.3 Å². The molecule has 5 heteroatoms. The molecule has 0 saturated carbocycles. The summed E-state index contributed by atoms with van der Waals surface area (Å²) in [6.07, 6.45) is 2.79. The molecular formula is C18H22N2O3. The minimum Gasteiger partial charge on any atom is -0.457 e. The number of hydrogen-bond donors (Lipinski definition) is 2. The van der Waals surface area contributed by atoms with Gasteiger partial charge >= 0.3 is 0 Å². The van der Waals surface area contributed by atoms with Gasteiger partial charge in [-0.2, -0.15) is 0 Å². The lowest BCUT2D eigenvalue weighted by Gasteiger charge is -2.15. The van der Waals surface area contributed by atoms with Gasteiger partial charge < -0.3 is 15.2 Å². The van der Waals surface area contributed by atoms with E-state index in [1.165, 1.54) is 0 Å². The van der Waals surface area contributed by atoms with Gasteiger partial charge in [0.15, 0.2) is 0 Å². The fourth-order valence-electron chi connectivity index (χ4n) is 2.01. The maximum atomic E-state index is 11.9. The summed E-state index contributed by atoms with van der Waals surface area (Å²) in [6.45, 7) is 5.68. The Balaban J connectivity index is 2.00. The number of carbonyl (C=O) groups is 1. The zero-order chi connectivity index (χ0) is 16.8. The number of benzene rings is 1. The van der Waals surface area contributed by atoms with Crippen LogP contribution < -0.4 is 10.1 Å². The maximum Gasteiger partial charge on any atom is 0.226 e. The summed E-state index contributed by atoms with van der Waals surface area (Å²) >= 11 is 0. The van der Waals surface area contributed by atoms with Gasteiger partial charge in [0.2, 0.25) is 5.91 Å². The van der Waals surface area contributed by atoms with Gasteiger partial charge in [-0.3, -0.25) is 9.78 Å². The van der Waals surface area contributed by atoms with E-state index < -0.39 is 6.10 Å². The third-order valence-corrected chi connectivity index (χ3v) is 3.50. The SMILES string of the molecule is Cc1cc(NC(=O)C[C@@H](O)C(C)C)ccc1Oc1ccncc1. The van der Waals surface area contributed by atoms with Gasteiger partial charge in [0.05, 0.1) is 12.5 Å². The Hall–Kier alpha value is -2.40. The molecule has 2 N–H and O–H groups in total. The maximum absolute atomic E-state index is 11.9. The lowest BCUT2D eigenvalue weighted by molar-refractivity contribution is -0.118. The first-order valence-electron chi connectivity index (χ1n) is 7.62. The Morgan fingerprint density at radius 2 is 1.96 bits per heavy atom. The van der Waals surface area contributed by atoms with Crippen LogP contribution in [0.25, 0.3) is 0 Å². The van der Waals surface area contributed by atoms with E-state index in [1.54, 1.807) is 30.6 Å². The van der Waals surface area contributed by atoms with Crippen molar-refractivity contribution in [3.05, 3.63) is 48.3 Å². The van der Waals surface area contributed by atoms with Gasteiger partial charge in [-0.1, -0.05) is 13.8 Å². The summed E-state index contributed by atoms with van der Waals surface area (Å²) in [5.41, 5.74) is 1.59. The number of carbonyl (C=O) groups excluding carboxylic acids is 1. The second-order valence-corrected chi connectivity index (χ2v) is 5.83. The largest absolute Gasteiger partial charge is 0.457 e. The zero-order valence-corrected chi connectivity index (χ0v) is 13.6. The number of aliphatic hydroxyl groups is 1. The second kappa shape index (κ2) is 7.74. The summed E-state index contributed by atoms with van der Waals surface area (Å²) in [6, 6.07) is 8.99.